The second kappa shape index (κ2) is 6.23. The molecule has 1 aromatic carbocycles. The second-order valence-electron chi connectivity index (χ2n) is 4.55. The number of aliphatic imine (C=N–C) groups is 1. The van der Waals surface area contributed by atoms with Crippen LogP contribution in [0.5, 0.6) is 5.75 Å². The Bertz CT molecular complexity index is 598. The molecule has 0 saturated carbocycles. The van der Waals surface area contributed by atoms with E-state index in [2.05, 4.69) is 17.1 Å². The maximum atomic E-state index is 12.4. The summed E-state index contributed by atoms with van der Waals surface area (Å²) in [5.41, 5.74) is 2.28. The van der Waals surface area contributed by atoms with E-state index in [0.717, 1.165) is 6.42 Å². The molecule has 5 nitrogen and oxygen atoms in total. The van der Waals surface area contributed by atoms with Gasteiger partial charge >= 0.3 is 23.2 Å². The number of carbonyl (C=O) groups is 1. The van der Waals surface area contributed by atoms with Crippen molar-refractivity contribution in [3.63, 3.8) is 0 Å². The van der Waals surface area contributed by atoms with Crippen molar-refractivity contribution in [3.05, 3.63) is 35.4 Å². The van der Waals surface area contributed by atoms with E-state index in [1.807, 2.05) is 11.8 Å². The van der Waals surface area contributed by atoms with E-state index in [1.165, 1.54) is 17.7 Å². The van der Waals surface area contributed by atoms with E-state index in [4.69, 9.17) is 3.40 Å². The Morgan fingerprint density at radius 3 is 3.00 bits per heavy atom. The number of phenolic OH excluding ortho intramolecular Hbond substituents is 1. The molecule has 0 aliphatic carbocycles. The van der Waals surface area contributed by atoms with Gasteiger partial charge in [0.1, 0.15) is 0 Å². The van der Waals surface area contributed by atoms with Crippen molar-refractivity contribution in [2.75, 3.05) is 6.54 Å². The molecular formula is C14H13MoN2O3-. The van der Waals surface area contributed by atoms with Gasteiger partial charge in [-0.3, -0.25) is 9.79 Å². The van der Waals surface area contributed by atoms with Crippen LogP contribution in [0.3, 0.4) is 0 Å². The predicted octanol–water partition coefficient (Wildman–Crippen LogP) is 1.95. The SMILES string of the molecule is C/C=C1\C[C@H]2C=Nc3cc(O)[c-]cc3C(=O)N2C1.[O]=[Mo]. The van der Waals surface area contributed by atoms with Crippen LogP contribution in [0.4, 0.5) is 5.69 Å². The predicted molar refractivity (Wildman–Crippen MR) is 69.0 cm³/mol. The molecule has 0 aromatic heterocycles. The average Bonchev–Trinajstić information content (AvgIpc) is 2.85. The van der Waals surface area contributed by atoms with E-state index in [1.54, 1.807) is 6.21 Å². The number of nitrogens with zero attached hydrogens (tertiary/aromatic N) is 2. The van der Waals surface area contributed by atoms with Crippen LogP contribution >= 0.6 is 0 Å². The Morgan fingerprint density at radius 2 is 2.30 bits per heavy atom. The van der Waals surface area contributed by atoms with Gasteiger partial charge in [0.25, 0.3) is 0 Å². The summed E-state index contributed by atoms with van der Waals surface area (Å²) in [6, 6.07) is 5.66. The fourth-order valence-electron chi connectivity index (χ4n) is 2.41. The molecule has 2 heterocycles. The number of carbonyl (C=O) groups excluding carboxylic acids is 1. The zero-order valence-electron chi connectivity index (χ0n) is 10.9. The number of phenols is 1. The van der Waals surface area contributed by atoms with Gasteiger partial charge in [0.2, 0.25) is 5.91 Å². The number of hydrogen-bond acceptors (Lipinski definition) is 4. The third-order valence-corrected chi connectivity index (χ3v) is 3.44. The number of amides is 1. The molecule has 1 N–H and O–H groups in total. The summed E-state index contributed by atoms with van der Waals surface area (Å²) in [4.78, 5) is 18.5. The van der Waals surface area contributed by atoms with Crippen LogP contribution in [-0.4, -0.2) is 34.7 Å². The molecule has 0 bridgehead atoms. The van der Waals surface area contributed by atoms with Crippen LogP contribution < -0.4 is 0 Å². The minimum atomic E-state index is -0.0411. The fraction of sp³-hybridized carbons (Fsp3) is 0.286. The van der Waals surface area contributed by atoms with E-state index in [9.17, 15) is 9.90 Å². The Balaban J connectivity index is 0.000000704. The first-order chi connectivity index (χ1) is 9.69. The number of benzene rings is 1. The third-order valence-electron chi connectivity index (χ3n) is 3.44. The van der Waals surface area contributed by atoms with Gasteiger partial charge in [-0.1, -0.05) is 11.6 Å². The summed E-state index contributed by atoms with van der Waals surface area (Å²) in [5, 5.41) is 9.39. The summed E-state index contributed by atoms with van der Waals surface area (Å²) in [6.07, 6.45) is 4.69. The first kappa shape index (κ1) is 14.8. The molecule has 104 valence electrons. The molecule has 6 heteroatoms. The molecule has 1 fully saturated rings. The Kier molecular flexibility index (Phi) is 4.60. The summed E-state index contributed by atoms with van der Waals surface area (Å²) < 4.78 is 8.26. The van der Waals surface area contributed by atoms with Crippen molar-refractivity contribution in [1.82, 2.24) is 4.90 Å². The summed E-state index contributed by atoms with van der Waals surface area (Å²) in [7, 11) is 0. The molecule has 3 rings (SSSR count). The van der Waals surface area contributed by atoms with Gasteiger partial charge in [-0.15, -0.1) is 12.1 Å². The first-order valence-corrected chi connectivity index (χ1v) is 6.91. The Hall–Kier alpha value is -1.61. The van der Waals surface area contributed by atoms with E-state index >= 15 is 0 Å². The van der Waals surface area contributed by atoms with Crippen LogP contribution in [0.2, 0.25) is 0 Å². The fourth-order valence-corrected chi connectivity index (χ4v) is 2.41. The molecule has 1 saturated heterocycles. The zero-order valence-corrected chi connectivity index (χ0v) is 12.9. The van der Waals surface area contributed by atoms with Crippen molar-refractivity contribution in [2.24, 2.45) is 4.99 Å². The monoisotopic (exact) mass is 355 g/mol. The Labute approximate surface area is 128 Å². The van der Waals surface area contributed by atoms with Crippen LogP contribution in [0.25, 0.3) is 0 Å². The van der Waals surface area contributed by atoms with Crippen LogP contribution in [-0.2, 0) is 23.2 Å². The molecule has 1 aromatic rings. The number of rotatable bonds is 0. The van der Waals surface area contributed by atoms with Crippen LogP contribution in [0.1, 0.15) is 23.7 Å². The molecule has 2 aliphatic heterocycles. The molecule has 0 spiro atoms. The molecular weight excluding hydrogens is 340 g/mol. The van der Waals surface area contributed by atoms with Gasteiger partial charge in [0.05, 0.1) is 6.04 Å². The van der Waals surface area contributed by atoms with Gasteiger partial charge in [0, 0.05) is 18.5 Å². The van der Waals surface area contributed by atoms with Gasteiger partial charge in [-0.25, -0.2) is 0 Å². The van der Waals surface area contributed by atoms with Crippen LogP contribution in [0.15, 0.2) is 28.8 Å². The van der Waals surface area contributed by atoms with E-state index < -0.39 is 0 Å². The van der Waals surface area contributed by atoms with Gasteiger partial charge < -0.3 is 10.0 Å². The van der Waals surface area contributed by atoms with Crippen molar-refractivity contribution >= 4 is 17.8 Å². The zero-order chi connectivity index (χ0) is 14.7. The molecule has 20 heavy (non-hydrogen) atoms. The van der Waals surface area contributed by atoms with Crippen molar-refractivity contribution in [2.45, 2.75) is 19.4 Å². The Morgan fingerprint density at radius 1 is 1.55 bits per heavy atom. The minimum absolute atomic E-state index is 0.00917. The first-order valence-electron chi connectivity index (χ1n) is 6.09. The normalized spacial score (nSPS) is 21.9. The molecule has 0 unspecified atom stereocenters. The van der Waals surface area contributed by atoms with Crippen molar-refractivity contribution in [3.8, 4) is 5.75 Å². The van der Waals surface area contributed by atoms with Gasteiger partial charge in [0.15, 0.2) is 0 Å². The molecule has 1 atom stereocenters. The topological polar surface area (TPSA) is 70.0 Å². The summed E-state index contributed by atoms with van der Waals surface area (Å²) in [6.45, 7) is 2.65. The second-order valence-corrected chi connectivity index (χ2v) is 4.55. The summed E-state index contributed by atoms with van der Waals surface area (Å²) in [5.74, 6) is -0.0319. The maximum absolute atomic E-state index is 12.4. The number of fused-ring (bicyclic) bond motifs is 2. The van der Waals surface area contributed by atoms with Gasteiger partial charge in [-0.2, -0.15) is 6.07 Å². The van der Waals surface area contributed by atoms with E-state index in [0.29, 0.717) is 37.6 Å². The average molecular weight is 353 g/mol. The molecule has 0 radical (unpaired) electrons. The standard InChI is InChI=1S/C14H13N2O2.Mo.O/c1-2-9-5-10-7-15-13-6-11(17)3-4-12(13)14(18)16(10)8-9;;/h2,4,6-7,10,17H,5,8H2,1H3;;/q-1;;/b9-2+;;/t10-;;/m0../s1. The number of allylic oxidation sites excluding steroid dienone is 1. The van der Waals surface area contributed by atoms with Crippen molar-refractivity contribution < 1.29 is 33.1 Å². The van der Waals surface area contributed by atoms with Crippen molar-refractivity contribution in [1.29, 1.82) is 0 Å². The molecule has 2 aliphatic rings. The van der Waals surface area contributed by atoms with Crippen LogP contribution in [0, 0.1) is 6.07 Å². The number of aromatic hydroxyl groups is 1. The third kappa shape index (κ3) is 2.63. The van der Waals surface area contributed by atoms with Gasteiger partial charge in [-0.05, 0) is 24.6 Å². The van der Waals surface area contributed by atoms with E-state index in [-0.39, 0.29) is 17.7 Å². The molecule has 1 amide bonds. The quantitative estimate of drug-likeness (QED) is 0.440. The number of hydrogen-bond donors (Lipinski definition) is 1. The summed E-state index contributed by atoms with van der Waals surface area (Å²) >= 11 is 0.700.